The summed E-state index contributed by atoms with van der Waals surface area (Å²) in [7, 11) is 3.09. The number of benzene rings is 2. The molecule has 2 amide bonds. The zero-order valence-corrected chi connectivity index (χ0v) is 15.0. The van der Waals surface area contributed by atoms with Crippen molar-refractivity contribution in [3.63, 3.8) is 0 Å². The van der Waals surface area contributed by atoms with Crippen molar-refractivity contribution >= 4 is 17.5 Å². The summed E-state index contributed by atoms with van der Waals surface area (Å²) in [6, 6.07) is 14.4. The second kappa shape index (κ2) is 7.91. The van der Waals surface area contributed by atoms with Crippen LogP contribution in [-0.4, -0.2) is 44.1 Å². The predicted molar refractivity (Wildman–Crippen MR) is 98.6 cm³/mol. The maximum atomic E-state index is 13.3. The van der Waals surface area contributed by atoms with Crippen LogP contribution in [0.5, 0.6) is 11.5 Å². The van der Waals surface area contributed by atoms with Crippen LogP contribution in [0.4, 0.5) is 5.69 Å². The molecule has 0 spiro atoms. The predicted octanol–water partition coefficient (Wildman–Crippen LogP) is 2.93. The highest BCUT2D eigenvalue weighted by Gasteiger charge is 2.26. The van der Waals surface area contributed by atoms with Crippen molar-refractivity contribution in [1.29, 1.82) is 0 Å². The molecule has 2 aromatic carbocycles. The maximum absolute atomic E-state index is 13.3. The van der Waals surface area contributed by atoms with E-state index in [1.54, 1.807) is 42.2 Å². The Kier molecular flexibility index (Phi) is 5.41. The van der Waals surface area contributed by atoms with Gasteiger partial charge in [-0.3, -0.25) is 14.5 Å². The molecule has 0 aromatic heterocycles. The minimum absolute atomic E-state index is 0.0713. The number of rotatable bonds is 6. The molecule has 2 aromatic rings. The van der Waals surface area contributed by atoms with Crippen LogP contribution in [-0.2, 0) is 4.79 Å². The highest BCUT2D eigenvalue weighted by Crippen LogP contribution is 2.26. The Labute approximate surface area is 152 Å². The Morgan fingerprint density at radius 1 is 1.08 bits per heavy atom. The second-order valence-electron chi connectivity index (χ2n) is 6.07. The first kappa shape index (κ1) is 17.8. The number of nitrogens with zero attached hydrogens (tertiary/aromatic N) is 2. The number of carbonyl (C=O) groups is 2. The molecule has 6 heteroatoms. The van der Waals surface area contributed by atoms with E-state index in [9.17, 15) is 9.59 Å². The van der Waals surface area contributed by atoms with Crippen molar-refractivity contribution in [2.45, 2.75) is 12.8 Å². The van der Waals surface area contributed by atoms with Crippen LogP contribution in [0.15, 0.2) is 48.5 Å². The van der Waals surface area contributed by atoms with Crippen LogP contribution < -0.4 is 14.4 Å². The van der Waals surface area contributed by atoms with Gasteiger partial charge in [0.15, 0.2) is 0 Å². The smallest absolute Gasteiger partial charge is 0.260 e. The van der Waals surface area contributed by atoms with Gasteiger partial charge in [-0.1, -0.05) is 18.2 Å². The standard InChI is InChI=1S/C20H22N2O4/c1-25-17-11-15(12-18(13-17)26-2)20(24)22(16-7-4-3-5-8-16)14-21-10-6-9-19(21)23/h3-5,7-8,11-13H,6,9-10,14H2,1-2H3. The lowest BCUT2D eigenvalue weighted by atomic mass is 10.1. The lowest BCUT2D eigenvalue weighted by Crippen LogP contribution is -2.42. The SMILES string of the molecule is COc1cc(OC)cc(C(=O)N(CN2CCCC2=O)c2ccccc2)c1. The Morgan fingerprint density at radius 2 is 1.73 bits per heavy atom. The van der Waals surface area contributed by atoms with E-state index in [-0.39, 0.29) is 18.5 Å². The molecule has 0 unspecified atom stereocenters. The summed E-state index contributed by atoms with van der Waals surface area (Å²) in [6.45, 7) is 0.887. The van der Waals surface area contributed by atoms with Gasteiger partial charge in [0.2, 0.25) is 5.91 Å². The van der Waals surface area contributed by atoms with E-state index in [4.69, 9.17) is 9.47 Å². The number of hydrogen-bond donors (Lipinski definition) is 0. The van der Waals surface area contributed by atoms with E-state index in [1.165, 1.54) is 0 Å². The van der Waals surface area contributed by atoms with Gasteiger partial charge in [0.05, 0.1) is 14.2 Å². The van der Waals surface area contributed by atoms with Crippen LogP contribution >= 0.6 is 0 Å². The average Bonchev–Trinajstić information content (AvgIpc) is 3.10. The molecular weight excluding hydrogens is 332 g/mol. The highest BCUT2D eigenvalue weighted by atomic mass is 16.5. The van der Waals surface area contributed by atoms with Crippen LogP contribution in [0.2, 0.25) is 0 Å². The van der Waals surface area contributed by atoms with Gasteiger partial charge in [0.1, 0.15) is 18.2 Å². The first-order chi connectivity index (χ1) is 12.6. The number of anilines is 1. The summed E-state index contributed by atoms with van der Waals surface area (Å²) < 4.78 is 10.5. The molecule has 6 nitrogen and oxygen atoms in total. The molecule has 0 N–H and O–H groups in total. The minimum Gasteiger partial charge on any atom is -0.497 e. The Balaban J connectivity index is 1.95. The summed E-state index contributed by atoms with van der Waals surface area (Å²) in [5.41, 5.74) is 1.18. The molecule has 26 heavy (non-hydrogen) atoms. The number of hydrogen-bond acceptors (Lipinski definition) is 4. The number of likely N-dealkylation sites (tertiary alicyclic amines) is 1. The van der Waals surface area contributed by atoms with E-state index < -0.39 is 0 Å². The molecule has 0 radical (unpaired) electrons. The van der Waals surface area contributed by atoms with Crippen molar-refractivity contribution in [1.82, 2.24) is 4.90 Å². The van der Waals surface area contributed by atoms with Crippen LogP contribution in [0.25, 0.3) is 0 Å². The molecule has 1 aliphatic heterocycles. The Hall–Kier alpha value is -3.02. The van der Waals surface area contributed by atoms with E-state index in [1.807, 2.05) is 30.3 Å². The Morgan fingerprint density at radius 3 is 2.27 bits per heavy atom. The van der Waals surface area contributed by atoms with Crippen LogP contribution in [0, 0.1) is 0 Å². The first-order valence-electron chi connectivity index (χ1n) is 8.50. The number of methoxy groups -OCH3 is 2. The third-order valence-electron chi connectivity index (χ3n) is 4.39. The third-order valence-corrected chi connectivity index (χ3v) is 4.39. The molecule has 1 heterocycles. The van der Waals surface area contributed by atoms with Gasteiger partial charge in [-0.05, 0) is 30.7 Å². The quantitative estimate of drug-likeness (QED) is 0.800. The van der Waals surface area contributed by atoms with Crippen molar-refractivity contribution < 1.29 is 19.1 Å². The van der Waals surface area contributed by atoms with Gasteiger partial charge in [-0.15, -0.1) is 0 Å². The fraction of sp³-hybridized carbons (Fsp3) is 0.300. The number of carbonyl (C=O) groups excluding carboxylic acids is 2. The molecule has 3 rings (SSSR count). The van der Waals surface area contributed by atoms with E-state index in [0.717, 1.165) is 12.1 Å². The normalized spacial score (nSPS) is 13.6. The first-order valence-corrected chi connectivity index (χ1v) is 8.50. The largest absolute Gasteiger partial charge is 0.497 e. The fourth-order valence-corrected chi connectivity index (χ4v) is 2.98. The summed E-state index contributed by atoms with van der Waals surface area (Å²) in [5.74, 6) is 0.936. The van der Waals surface area contributed by atoms with Gasteiger partial charge in [-0.25, -0.2) is 0 Å². The molecule has 0 atom stereocenters. The van der Waals surface area contributed by atoms with E-state index in [0.29, 0.717) is 30.0 Å². The summed E-state index contributed by atoms with van der Waals surface area (Å²) in [6.07, 6.45) is 1.35. The lowest BCUT2D eigenvalue weighted by Gasteiger charge is -2.28. The molecule has 1 saturated heterocycles. The monoisotopic (exact) mass is 354 g/mol. The van der Waals surface area contributed by atoms with Crippen molar-refractivity contribution in [3.8, 4) is 11.5 Å². The molecule has 0 saturated carbocycles. The zero-order chi connectivity index (χ0) is 18.5. The second-order valence-corrected chi connectivity index (χ2v) is 6.07. The lowest BCUT2D eigenvalue weighted by molar-refractivity contribution is -0.127. The highest BCUT2D eigenvalue weighted by molar-refractivity contribution is 6.06. The summed E-state index contributed by atoms with van der Waals surface area (Å²) in [5, 5.41) is 0. The van der Waals surface area contributed by atoms with Gasteiger partial charge in [0, 0.05) is 30.3 Å². The van der Waals surface area contributed by atoms with Crippen molar-refractivity contribution in [2.75, 3.05) is 32.3 Å². The average molecular weight is 354 g/mol. The molecule has 136 valence electrons. The summed E-state index contributed by atoms with van der Waals surface area (Å²) in [4.78, 5) is 28.6. The van der Waals surface area contributed by atoms with E-state index >= 15 is 0 Å². The van der Waals surface area contributed by atoms with Crippen molar-refractivity contribution in [2.24, 2.45) is 0 Å². The van der Waals surface area contributed by atoms with Crippen LogP contribution in [0.1, 0.15) is 23.2 Å². The van der Waals surface area contributed by atoms with Gasteiger partial charge >= 0.3 is 0 Å². The minimum atomic E-state index is -0.215. The maximum Gasteiger partial charge on any atom is 0.260 e. The molecule has 1 fully saturated rings. The molecule has 1 aliphatic rings. The molecule has 0 aliphatic carbocycles. The fourth-order valence-electron chi connectivity index (χ4n) is 2.98. The number of para-hydroxylation sites is 1. The molecular formula is C20H22N2O4. The zero-order valence-electron chi connectivity index (χ0n) is 15.0. The van der Waals surface area contributed by atoms with Gasteiger partial charge in [-0.2, -0.15) is 0 Å². The third kappa shape index (κ3) is 3.79. The van der Waals surface area contributed by atoms with Crippen molar-refractivity contribution in [3.05, 3.63) is 54.1 Å². The van der Waals surface area contributed by atoms with Crippen LogP contribution in [0.3, 0.4) is 0 Å². The van der Waals surface area contributed by atoms with Gasteiger partial charge in [0.25, 0.3) is 5.91 Å². The number of ether oxygens (including phenoxy) is 2. The Bertz CT molecular complexity index is 769. The van der Waals surface area contributed by atoms with Gasteiger partial charge < -0.3 is 14.4 Å². The van der Waals surface area contributed by atoms with E-state index in [2.05, 4.69) is 0 Å². The number of amides is 2. The molecule has 0 bridgehead atoms. The topological polar surface area (TPSA) is 59.1 Å². The summed E-state index contributed by atoms with van der Waals surface area (Å²) >= 11 is 0.